The summed E-state index contributed by atoms with van der Waals surface area (Å²) in [6.45, 7) is 48.5. The van der Waals surface area contributed by atoms with Crippen LogP contribution in [-0.2, 0) is 4.74 Å². The highest BCUT2D eigenvalue weighted by molar-refractivity contribution is 5.46. The van der Waals surface area contributed by atoms with Gasteiger partial charge in [0.2, 0.25) is 0 Å². The second-order valence-corrected chi connectivity index (χ2v) is 7.53. The van der Waals surface area contributed by atoms with Crippen LogP contribution >= 0.6 is 0 Å². The zero-order valence-electron chi connectivity index (χ0n) is 26.9. The van der Waals surface area contributed by atoms with Gasteiger partial charge in [-0.25, -0.2) is 0 Å². The van der Waals surface area contributed by atoms with E-state index in [-0.39, 0.29) is 5.41 Å². The molecule has 0 bridgehead atoms. The highest BCUT2D eigenvalue weighted by atomic mass is 16.5. The molecule has 1 nitrogen and oxygen atoms in total. The largest absolute Gasteiger partial charge is 0.379 e. The van der Waals surface area contributed by atoms with Gasteiger partial charge in [-0.2, -0.15) is 0 Å². The molecule has 0 radical (unpaired) electrons. The molecule has 0 amide bonds. The first-order chi connectivity index (χ1) is 16.1. The molecule has 0 N–H and O–H groups in total. The van der Waals surface area contributed by atoms with Crippen molar-refractivity contribution >= 4 is 0 Å². The van der Waals surface area contributed by atoms with Crippen LogP contribution in [0.1, 0.15) is 136 Å². The first kappa shape index (κ1) is 46.1. The first-order valence-corrected chi connectivity index (χ1v) is 13.9. The number of allylic oxidation sites excluding steroid dienone is 6. The fourth-order valence-corrected chi connectivity index (χ4v) is 3.28. The maximum absolute atomic E-state index is 5.28. The van der Waals surface area contributed by atoms with Gasteiger partial charge in [-0.05, 0) is 83.9 Å². The van der Waals surface area contributed by atoms with E-state index in [1.165, 1.54) is 47.1 Å². The van der Waals surface area contributed by atoms with Gasteiger partial charge in [0.15, 0.2) is 0 Å². The van der Waals surface area contributed by atoms with E-state index in [2.05, 4.69) is 81.7 Å². The van der Waals surface area contributed by atoms with Gasteiger partial charge >= 0.3 is 0 Å². The van der Waals surface area contributed by atoms with Crippen LogP contribution in [0.3, 0.4) is 0 Å². The number of rotatable bonds is 5. The van der Waals surface area contributed by atoms with Gasteiger partial charge < -0.3 is 4.74 Å². The van der Waals surface area contributed by atoms with E-state index in [9.17, 15) is 0 Å². The van der Waals surface area contributed by atoms with Gasteiger partial charge in [0.1, 0.15) is 0 Å². The SMILES string of the molecule is C=C.C=C/C(C)=C(/C)C(=C(C)C)C(C)(CC)C(=C)C.CC.CC.CC.CC.CC1CCCCO1. The molecule has 0 aliphatic carbocycles. The maximum Gasteiger partial charge on any atom is 0.0547 e. The second kappa shape index (κ2) is 33.8. The fourth-order valence-electron chi connectivity index (χ4n) is 3.28. The molecular formula is C33H68O. The van der Waals surface area contributed by atoms with E-state index in [4.69, 9.17) is 4.74 Å². The summed E-state index contributed by atoms with van der Waals surface area (Å²) in [7, 11) is 0. The Bertz CT molecular complexity index is 497. The Balaban J connectivity index is -0.0000000950. The summed E-state index contributed by atoms with van der Waals surface area (Å²) >= 11 is 0. The third-order valence-corrected chi connectivity index (χ3v) is 5.38. The predicted octanol–water partition coefficient (Wildman–Crippen LogP) is 12.3. The van der Waals surface area contributed by atoms with Gasteiger partial charge in [-0.1, -0.05) is 99.6 Å². The Kier molecular flexibility index (Phi) is 45.8. The molecular weight excluding hydrogens is 412 g/mol. The van der Waals surface area contributed by atoms with Crippen molar-refractivity contribution in [1.29, 1.82) is 0 Å². The van der Waals surface area contributed by atoms with Crippen molar-refractivity contribution < 1.29 is 4.74 Å². The molecule has 1 fully saturated rings. The third kappa shape index (κ3) is 21.2. The van der Waals surface area contributed by atoms with Crippen LogP contribution in [0, 0.1) is 5.41 Å². The molecule has 0 saturated carbocycles. The van der Waals surface area contributed by atoms with Crippen molar-refractivity contribution in [3.8, 4) is 0 Å². The van der Waals surface area contributed by atoms with Gasteiger partial charge in [0.05, 0.1) is 6.10 Å². The molecule has 0 aromatic heterocycles. The topological polar surface area (TPSA) is 9.23 Å². The predicted molar refractivity (Wildman–Crippen MR) is 166 cm³/mol. The average molecular weight is 481 g/mol. The lowest BCUT2D eigenvalue weighted by molar-refractivity contribution is 0.0285. The number of ether oxygens (including phenoxy) is 1. The van der Waals surface area contributed by atoms with Crippen molar-refractivity contribution in [3.05, 3.63) is 60.3 Å². The van der Waals surface area contributed by atoms with Crippen LogP contribution < -0.4 is 0 Å². The maximum atomic E-state index is 5.28. The molecule has 1 aliphatic heterocycles. The zero-order valence-corrected chi connectivity index (χ0v) is 26.9. The Morgan fingerprint density at radius 3 is 1.47 bits per heavy atom. The van der Waals surface area contributed by atoms with Crippen molar-refractivity contribution in [1.82, 2.24) is 0 Å². The number of hydrogen-bond donors (Lipinski definition) is 0. The van der Waals surface area contributed by atoms with E-state index < -0.39 is 0 Å². The standard InChI is InChI=1S/C17H28.C6H12O.4C2H6.C2H4/c1-10-14(7)15(8)16(12(3)4)17(9,11-2)13(5)6;1-6-4-2-3-5-7-6;5*1-2/h10H,1,5,11H2,2-4,6-9H3;6H,2-5H2,1H3;4*1-2H3;1-2H2/b15-14-;;;;;;. The van der Waals surface area contributed by atoms with Gasteiger partial charge in [-0.3, -0.25) is 0 Å². The molecule has 34 heavy (non-hydrogen) atoms. The molecule has 0 spiro atoms. The minimum absolute atomic E-state index is 0.0627. The summed E-state index contributed by atoms with van der Waals surface area (Å²) < 4.78 is 5.28. The normalized spacial score (nSPS) is 15.5. The molecule has 1 rings (SSSR count). The monoisotopic (exact) mass is 481 g/mol. The van der Waals surface area contributed by atoms with Crippen molar-refractivity contribution in [3.63, 3.8) is 0 Å². The Morgan fingerprint density at radius 1 is 0.882 bits per heavy atom. The summed E-state index contributed by atoms with van der Waals surface area (Å²) in [6.07, 6.45) is 7.44. The van der Waals surface area contributed by atoms with Gasteiger partial charge in [0, 0.05) is 12.0 Å². The molecule has 0 aromatic carbocycles. The van der Waals surface area contributed by atoms with E-state index in [1.54, 1.807) is 0 Å². The summed E-state index contributed by atoms with van der Waals surface area (Å²) in [5.41, 5.74) is 6.68. The average Bonchev–Trinajstić information content (AvgIpc) is 2.89. The zero-order chi connectivity index (χ0) is 28.9. The molecule has 2 atom stereocenters. The van der Waals surface area contributed by atoms with Gasteiger partial charge in [-0.15, -0.1) is 13.2 Å². The third-order valence-electron chi connectivity index (χ3n) is 5.38. The first-order valence-electron chi connectivity index (χ1n) is 13.9. The quantitative estimate of drug-likeness (QED) is 0.281. The summed E-state index contributed by atoms with van der Waals surface area (Å²) in [5, 5.41) is 0. The molecule has 1 aliphatic rings. The number of hydrogen-bond acceptors (Lipinski definition) is 1. The molecule has 1 heteroatoms. The van der Waals surface area contributed by atoms with Crippen molar-refractivity contribution in [2.75, 3.05) is 6.61 Å². The van der Waals surface area contributed by atoms with Crippen LogP contribution in [0.2, 0.25) is 0 Å². The summed E-state index contributed by atoms with van der Waals surface area (Å²) in [6, 6.07) is 0. The summed E-state index contributed by atoms with van der Waals surface area (Å²) in [5.74, 6) is 0. The molecule has 206 valence electrons. The van der Waals surface area contributed by atoms with Crippen LogP contribution in [0.15, 0.2) is 60.3 Å². The molecule has 0 aromatic rings. The van der Waals surface area contributed by atoms with Gasteiger partial charge in [0.25, 0.3) is 0 Å². The van der Waals surface area contributed by atoms with E-state index in [0.29, 0.717) is 6.10 Å². The van der Waals surface area contributed by atoms with E-state index in [0.717, 1.165) is 13.0 Å². The van der Waals surface area contributed by atoms with Crippen LogP contribution in [0.4, 0.5) is 0 Å². The van der Waals surface area contributed by atoms with Crippen LogP contribution in [0.25, 0.3) is 0 Å². The van der Waals surface area contributed by atoms with Crippen molar-refractivity contribution in [2.24, 2.45) is 5.41 Å². The lowest BCUT2D eigenvalue weighted by atomic mass is 9.69. The molecule has 1 saturated heterocycles. The Morgan fingerprint density at radius 2 is 1.29 bits per heavy atom. The smallest absolute Gasteiger partial charge is 0.0547 e. The fraction of sp³-hybridized carbons (Fsp3) is 0.697. The summed E-state index contributed by atoms with van der Waals surface area (Å²) in [4.78, 5) is 0. The van der Waals surface area contributed by atoms with E-state index in [1.807, 2.05) is 61.5 Å². The van der Waals surface area contributed by atoms with Crippen LogP contribution in [0.5, 0.6) is 0 Å². The van der Waals surface area contributed by atoms with Crippen molar-refractivity contribution in [2.45, 2.75) is 143 Å². The Labute approximate surface area is 219 Å². The highest BCUT2D eigenvalue weighted by Crippen LogP contribution is 2.43. The van der Waals surface area contributed by atoms with Crippen LogP contribution in [-0.4, -0.2) is 12.7 Å². The second-order valence-electron chi connectivity index (χ2n) is 7.53. The Hall–Kier alpha value is -1.34. The minimum Gasteiger partial charge on any atom is -0.379 e. The molecule has 2 unspecified atom stereocenters. The lowest BCUT2D eigenvalue weighted by Gasteiger charge is -2.35. The minimum atomic E-state index is 0.0627. The van der Waals surface area contributed by atoms with E-state index >= 15 is 0 Å². The highest BCUT2D eigenvalue weighted by Gasteiger charge is 2.30. The lowest BCUT2D eigenvalue weighted by Crippen LogP contribution is -2.22. The molecule has 1 heterocycles.